The fourth-order valence-electron chi connectivity index (χ4n) is 0.781. The summed E-state index contributed by atoms with van der Waals surface area (Å²) in [5.41, 5.74) is 0. The molecule has 0 spiro atoms. The van der Waals surface area contributed by atoms with Gasteiger partial charge in [0, 0.05) is 0 Å². The van der Waals surface area contributed by atoms with Crippen LogP contribution in [0.25, 0.3) is 0 Å². The second-order valence-corrected chi connectivity index (χ2v) is 4.61. The summed E-state index contributed by atoms with van der Waals surface area (Å²) in [4.78, 5) is 0. The van der Waals surface area contributed by atoms with Gasteiger partial charge >= 0.3 is 16.0 Å². The molecule has 0 aromatic heterocycles. The Morgan fingerprint density at radius 3 is 1.31 bits per heavy atom. The number of alkyl halides is 10. The standard InChI is InChI=1S/C6H4F9I/c7-3(8,2-5(11,12)16)1-4(9,10)6(13,14)15/h1-2H2. The highest BCUT2D eigenvalue weighted by Crippen LogP contribution is 2.46. The molecule has 10 heteroatoms. The average molecular weight is 374 g/mol. The maximum absolute atomic E-state index is 12.5. The smallest absolute Gasteiger partial charge is 0.206 e. The molecule has 0 aromatic carbocycles. The largest absolute Gasteiger partial charge is 0.453 e. The fourth-order valence-corrected chi connectivity index (χ4v) is 1.34. The molecule has 0 radical (unpaired) electrons. The molecular formula is C6H4F9I. The molecule has 0 saturated carbocycles. The van der Waals surface area contributed by atoms with E-state index in [4.69, 9.17) is 0 Å². The van der Waals surface area contributed by atoms with Gasteiger partial charge < -0.3 is 0 Å². The molecule has 0 aliphatic carbocycles. The van der Waals surface area contributed by atoms with Gasteiger partial charge in [-0.2, -0.15) is 30.7 Å². The van der Waals surface area contributed by atoms with Crippen LogP contribution in [0.3, 0.4) is 0 Å². The van der Waals surface area contributed by atoms with Crippen LogP contribution in [-0.2, 0) is 0 Å². The van der Waals surface area contributed by atoms with E-state index in [0.717, 1.165) is 0 Å². The van der Waals surface area contributed by atoms with Gasteiger partial charge in [0.2, 0.25) is 0 Å². The minimum absolute atomic E-state index is 0.235. The van der Waals surface area contributed by atoms with Crippen LogP contribution in [0.1, 0.15) is 12.8 Å². The van der Waals surface area contributed by atoms with Crippen LogP contribution in [0.4, 0.5) is 39.5 Å². The minimum Gasteiger partial charge on any atom is -0.206 e. The van der Waals surface area contributed by atoms with E-state index in [1.165, 1.54) is 0 Å². The van der Waals surface area contributed by atoms with Crippen molar-refractivity contribution in [3.8, 4) is 0 Å². The zero-order valence-corrected chi connectivity index (χ0v) is 9.35. The van der Waals surface area contributed by atoms with Crippen molar-refractivity contribution in [2.75, 3.05) is 0 Å². The highest BCUT2D eigenvalue weighted by molar-refractivity contribution is 14.1. The molecule has 0 aliphatic heterocycles. The van der Waals surface area contributed by atoms with E-state index in [0.29, 0.717) is 0 Å². The molecule has 0 fully saturated rings. The summed E-state index contributed by atoms with van der Waals surface area (Å²) in [7, 11) is 0. The molecule has 0 N–H and O–H groups in total. The monoisotopic (exact) mass is 374 g/mol. The van der Waals surface area contributed by atoms with E-state index >= 15 is 0 Å². The van der Waals surface area contributed by atoms with E-state index in [9.17, 15) is 39.5 Å². The number of rotatable bonds is 4. The van der Waals surface area contributed by atoms with Gasteiger partial charge in [0.05, 0.1) is 12.8 Å². The summed E-state index contributed by atoms with van der Waals surface area (Å²) in [5, 5.41) is 0. The lowest BCUT2D eigenvalue weighted by atomic mass is 10.1. The molecule has 98 valence electrons. The van der Waals surface area contributed by atoms with Crippen LogP contribution >= 0.6 is 22.6 Å². The van der Waals surface area contributed by atoms with E-state index in [2.05, 4.69) is 0 Å². The predicted octanol–water partition coefficient (Wildman–Crippen LogP) is 4.63. The van der Waals surface area contributed by atoms with E-state index in [-0.39, 0.29) is 22.6 Å². The van der Waals surface area contributed by atoms with Crippen molar-refractivity contribution >= 4 is 22.6 Å². The fraction of sp³-hybridized carbons (Fsp3) is 1.00. The first-order valence-electron chi connectivity index (χ1n) is 3.55. The van der Waals surface area contributed by atoms with E-state index in [1.54, 1.807) is 0 Å². The Balaban J connectivity index is 4.72. The van der Waals surface area contributed by atoms with Gasteiger partial charge in [0.15, 0.2) is 0 Å². The first-order chi connectivity index (χ1) is 6.66. The van der Waals surface area contributed by atoms with Crippen molar-refractivity contribution in [1.82, 2.24) is 0 Å². The van der Waals surface area contributed by atoms with Gasteiger partial charge in [0.1, 0.15) is 0 Å². The number of hydrogen-bond acceptors (Lipinski definition) is 0. The van der Waals surface area contributed by atoms with Gasteiger partial charge in [0.25, 0.3) is 5.92 Å². The first-order valence-corrected chi connectivity index (χ1v) is 4.63. The Kier molecular flexibility index (Phi) is 4.43. The highest BCUT2D eigenvalue weighted by atomic mass is 127. The van der Waals surface area contributed by atoms with Gasteiger partial charge in [-0.3, -0.25) is 0 Å². The van der Waals surface area contributed by atoms with Crippen molar-refractivity contribution in [2.24, 2.45) is 0 Å². The second kappa shape index (κ2) is 4.41. The lowest BCUT2D eigenvalue weighted by Gasteiger charge is -2.25. The predicted molar refractivity (Wildman–Crippen MR) is 44.1 cm³/mol. The maximum atomic E-state index is 12.5. The van der Waals surface area contributed by atoms with Gasteiger partial charge in [-0.15, -0.1) is 0 Å². The molecule has 0 nitrogen and oxygen atoms in total. The van der Waals surface area contributed by atoms with Crippen LogP contribution < -0.4 is 0 Å². The third kappa shape index (κ3) is 5.43. The molecule has 0 aliphatic rings. The molecule has 0 amide bonds. The molecule has 0 rings (SSSR count). The highest BCUT2D eigenvalue weighted by Gasteiger charge is 2.62. The second-order valence-electron chi connectivity index (χ2n) is 3.03. The Labute approximate surface area is 97.3 Å². The summed E-state index contributed by atoms with van der Waals surface area (Å²) in [5.74, 6) is -10.5. The molecular weight excluding hydrogens is 370 g/mol. The van der Waals surface area contributed by atoms with Gasteiger partial charge in [-0.25, -0.2) is 8.78 Å². The SMILES string of the molecule is FC(F)(I)CC(F)(F)CC(F)(F)C(F)(F)F. The normalized spacial score (nSPS) is 15.4. The third-order valence-electron chi connectivity index (χ3n) is 1.35. The Morgan fingerprint density at radius 1 is 0.688 bits per heavy atom. The summed E-state index contributed by atoms with van der Waals surface area (Å²) in [6.07, 6.45) is -11.5. The molecule has 0 heterocycles. The molecule has 0 unspecified atom stereocenters. The van der Waals surface area contributed by atoms with Crippen molar-refractivity contribution in [1.29, 1.82) is 0 Å². The topological polar surface area (TPSA) is 0 Å². The zero-order chi connectivity index (χ0) is 13.4. The van der Waals surface area contributed by atoms with Crippen molar-refractivity contribution in [3.05, 3.63) is 0 Å². The van der Waals surface area contributed by atoms with Crippen molar-refractivity contribution < 1.29 is 39.5 Å². The van der Waals surface area contributed by atoms with Crippen LogP contribution in [0.2, 0.25) is 0 Å². The maximum Gasteiger partial charge on any atom is 0.453 e. The van der Waals surface area contributed by atoms with Crippen molar-refractivity contribution in [3.63, 3.8) is 0 Å². The lowest BCUT2D eigenvalue weighted by molar-refractivity contribution is -0.302. The summed E-state index contributed by atoms with van der Waals surface area (Å²) in [6.45, 7) is 0. The van der Waals surface area contributed by atoms with Crippen LogP contribution in [0, 0.1) is 0 Å². The van der Waals surface area contributed by atoms with Crippen LogP contribution in [0.15, 0.2) is 0 Å². The van der Waals surface area contributed by atoms with Crippen LogP contribution in [-0.4, -0.2) is 22.0 Å². The third-order valence-corrected chi connectivity index (χ3v) is 1.74. The van der Waals surface area contributed by atoms with Gasteiger partial charge in [-0.1, -0.05) is 0 Å². The molecule has 16 heavy (non-hydrogen) atoms. The van der Waals surface area contributed by atoms with Crippen LogP contribution in [0.5, 0.6) is 0 Å². The average Bonchev–Trinajstić information content (AvgIpc) is 1.72. The van der Waals surface area contributed by atoms with E-state index in [1.807, 2.05) is 0 Å². The van der Waals surface area contributed by atoms with Crippen molar-refractivity contribution in [2.45, 2.75) is 34.8 Å². The zero-order valence-electron chi connectivity index (χ0n) is 7.19. The Hall–Kier alpha value is 0.100. The molecule has 0 bridgehead atoms. The van der Waals surface area contributed by atoms with E-state index < -0.39 is 34.8 Å². The summed E-state index contributed by atoms with van der Waals surface area (Å²) in [6, 6.07) is 0. The molecule has 0 saturated heterocycles. The Bertz CT molecular complexity index is 237. The lowest BCUT2D eigenvalue weighted by Crippen LogP contribution is -2.42. The number of hydrogen-bond donors (Lipinski definition) is 0. The first kappa shape index (κ1) is 16.1. The summed E-state index contributed by atoms with van der Waals surface area (Å²) >= 11 is 0.235. The quantitative estimate of drug-likeness (QED) is 0.383. The van der Waals surface area contributed by atoms with Gasteiger partial charge in [-0.05, 0) is 22.6 Å². The summed E-state index contributed by atoms with van der Waals surface area (Å²) < 4.78 is 104. The molecule has 0 atom stereocenters. The minimum atomic E-state index is -6.18. The number of halogens is 10. The molecule has 0 aromatic rings. The Morgan fingerprint density at radius 2 is 1.06 bits per heavy atom.